The van der Waals surface area contributed by atoms with E-state index < -0.39 is 9.84 Å². The third kappa shape index (κ3) is 3.29. The summed E-state index contributed by atoms with van der Waals surface area (Å²) in [7, 11) is -3.26. The largest absolute Gasteiger partial charge is 0.302 e. The molecular weight excluding hydrogens is 356 g/mol. The van der Waals surface area contributed by atoms with Crippen molar-refractivity contribution in [2.75, 3.05) is 11.6 Å². The van der Waals surface area contributed by atoms with Gasteiger partial charge in [-0.25, -0.2) is 13.4 Å². The van der Waals surface area contributed by atoms with Crippen LogP contribution in [0, 0.1) is 5.92 Å². The second-order valence-corrected chi connectivity index (χ2v) is 9.32. The highest BCUT2D eigenvalue weighted by Crippen LogP contribution is 2.48. The number of amides is 1. The van der Waals surface area contributed by atoms with E-state index in [0.29, 0.717) is 10.6 Å². The molecule has 128 valence electrons. The maximum Gasteiger partial charge on any atom is 0.229 e. The van der Waals surface area contributed by atoms with Crippen molar-refractivity contribution in [1.29, 1.82) is 0 Å². The van der Waals surface area contributed by atoms with Gasteiger partial charge in [-0.1, -0.05) is 41.7 Å². The smallest absolute Gasteiger partial charge is 0.229 e. The molecular formula is C18H16N2O3S2. The first-order chi connectivity index (χ1) is 11.9. The lowest BCUT2D eigenvalue weighted by atomic mass is 10.1. The first-order valence-corrected chi connectivity index (χ1v) is 10.6. The van der Waals surface area contributed by atoms with Crippen LogP contribution in [-0.4, -0.2) is 25.6 Å². The molecule has 1 aliphatic rings. The molecule has 1 aliphatic carbocycles. The van der Waals surface area contributed by atoms with E-state index in [4.69, 9.17) is 0 Å². The lowest BCUT2D eigenvalue weighted by molar-refractivity contribution is -0.117. The fourth-order valence-corrected chi connectivity index (χ4v) is 4.57. The lowest BCUT2D eigenvalue weighted by Gasteiger charge is -2.01. The number of hydrogen-bond acceptors (Lipinski definition) is 5. The Hall–Kier alpha value is -2.25. The van der Waals surface area contributed by atoms with Crippen LogP contribution in [0.25, 0.3) is 10.2 Å². The summed E-state index contributed by atoms with van der Waals surface area (Å²) in [5, 5.41) is 3.37. The van der Waals surface area contributed by atoms with E-state index in [9.17, 15) is 13.2 Å². The van der Waals surface area contributed by atoms with Crippen molar-refractivity contribution in [1.82, 2.24) is 4.98 Å². The van der Waals surface area contributed by atoms with Crippen LogP contribution >= 0.6 is 11.3 Å². The predicted octanol–water partition coefficient (Wildman–Crippen LogP) is 3.44. The number of hydrogen-bond donors (Lipinski definition) is 1. The molecule has 0 saturated heterocycles. The number of aromatic nitrogens is 1. The molecule has 1 heterocycles. The third-order valence-electron chi connectivity index (χ3n) is 4.37. The van der Waals surface area contributed by atoms with Crippen molar-refractivity contribution in [3.8, 4) is 0 Å². The summed E-state index contributed by atoms with van der Waals surface area (Å²) in [5.41, 5.74) is 1.87. The summed E-state index contributed by atoms with van der Waals surface area (Å²) < 4.78 is 24.0. The van der Waals surface area contributed by atoms with E-state index in [0.717, 1.165) is 11.1 Å². The average molecular weight is 372 g/mol. The minimum absolute atomic E-state index is 0.0269. The normalized spacial score (nSPS) is 19.7. The molecule has 0 radical (unpaired) electrons. The summed E-state index contributed by atoms with van der Waals surface area (Å²) in [4.78, 5) is 17.1. The van der Waals surface area contributed by atoms with Gasteiger partial charge < -0.3 is 5.32 Å². The monoisotopic (exact) mass is 372 g/mol. The summed E-state index contributed by atoms with van der Waals surface area (Å²) in [6.45, 7) is 0. The van der Waals surface area contributed by atoms with Crippen LogP contribution in [0.4, 0.5) is 5.13 Å². The maximum atomic E-state index is 12.4. The Bertz CT molecular complexity index is 1060. The molecule has 7 heteroatoms. The van der Waals surface area contributed by atoms with Crippen molar-refractivity contribution in [3.63, 3.8) is 0 Å². The fourth-order valence-electron chi connectivity index (χ4n) is 2.94. The van der Waals surface area contributed by atoms with Crippen LogP contribution in [0.2, 0.25) is 0 Å². The van der Waals surface area contributed by atoms with Gasteiger partial charge in [0.15, 0.2) is 15.0 Å². The second-order valence-electron chi connectivity index (χ2n) is 6.27. The number of carbonyl (C=O) groups excluding carboxylic acids is 1. The Kier molecular flexibility index (Phi) is 3.85. The number of carbonyl (C=O) groups is 1. The van der Waals surface area contributed by atoms with Gasteiger partial charge in [0.1, 0.15) is 0 Å². The highest BCUT2D eigenvalue weighted by atomic mass is 32.2. The Morgan fingerprint density at radius 3 is 2.68 bits per heavy atom. The Labute approximate surface area is 149 Å². The number of fused-ring (bicyclic) bond motifs is 1. The van der Waals surface area contributed by atoms with Gasteiger partial charge >= 0.3 is 0 Å². The molecule has 1 amide bonds. The topological polar surface area (TPSA) is 76.1 Å². The maximum absolute atomic E-state index is 12.4. The summed E-state index contributed by atoms with van der Waals surface area (Å²) in [6, 6.07) is 14.8. The third-order valence-corrected chi connectivity index (χ3v) is 6.42. The van der Waals surface area contributed by atoms with Crippen LogP contribution in [-0.2, 0) is 14.6 Å². The van der Waals surface area contributed by atoms with Crippen LogP contribution in [0.5, 0.6) is 0 Å². The van der Waals surface area contributed by atoms with Crippen LogP contribution < -0.4 is 5.32 Å². The Morgan fingerprint density at radius 1 is 1.20 bits per heavy atom. The molecule has 5 nitrogen and oxygen atoms in total. The standard InChI is InChI=1S/C18H16N2O3S2/c1-25(22,23)12-7-8-15-16(9-12)24-18(19-15)20-17(21)14-10-13(14)11-5-3-2-4-6-11/h2-9,13-14H,10H2,1H3,(H,19,20,21)/t13-,14+/m0/s1. The SMILES string of the molecule is CS(=O)(=O)c1ccc2nc(NC(=O)[C@@H]3C[C@H]3c3ccccc3)sc2c1. The fraction of sp³-hybridized carbons (Fsp3) is 0.222. The molecule has 0 spiro atoms. The Morgan fingerprint density at radius 2 is 1.96 bits per heavy atom. The zero-order chi connectivity index (χ0) is 17.6. The minimum atomic E-state index is -3.26. The average Bonchev–Trinajstić information content (AvgIpc) is 3.28. The zero-order valence-electron chi connectivity index (χ0n) is 13.5. The second kappa shape index (κ2) is 5.93. The zero-order valence-corrected chi connectivity index (χ0v) is 15.1. The highest BCUT2D eigenvalue weighted by Gasteiger charge is 2.44. The molecule has 1 N–H and O–H groups in total. The lowest BCUT2D eigenvalue weighted by Crippen LogP contribution is -2.14. The van der Waals surface area contributed by atoms with Gasteiger partial charge in [0.25, 0.3) is 0 Å². The van der Waals surface area contributed by atoms with Crippen LogP contribution in [0.1, 0.15) is 17.9 Å². The van der Waals surface area contributed by atoms with Gasteiger partial charge in [-0.05, 0) is 36.1 Å². The molecule has 1 fully saturated rings. The highest BCUT2D eigenvalue weighted by molar-refractivity contribution is 7.90. The number of rotatable bonds is 4. The molecule has 1 saturated carbocycles. The molecule has 0 bridgehead atoms. The quantitative estimate of drug-likeness (QED) is 0.761. The first kappa shape index (κ1) is 16.2. The molecule has 4 rings (SSSR count). The van der Waals surface area contributed by atoms with Crippen molar-refractivity contribution < 1.29 is 13.2 Å². The van der Waals surface area contributed by atoms with Gasteiger partial charge in [-0.15, -0.1) is 0 Å². The van der Waals surface area contributed by atoms with E-state index in [1.807, 2.05) is 30.3 Å². The van der Waals surface area contributed by atoms with Crippen molar-refractivity contribution >= 4 is 42.4 Å². The van der Waals surface area contributed by atoms with Crippen LogP contribution in [0.3, 0.4) is 0 Å². The number of nitrogens with zero attached hydrogens (tertiary/aromatic N) is 1. The number of benzene rings is 2. The van der Waals surface area contributed by atoms with Gasteiger partial charge in [0.2, 0.25) is 5.91 Å². The first-order valence-electron chi connectivity index (χ1n) is 7.88. The summed E-state index contributed by atoms with van der Waals surface area (Å²) >= 11 is 1.29. The molecule has 1 aromatic heterocycles. The Balaban J connectivity index is 1.50. The van der Waals surface area contributed by atoms with Gasteiger partial charge in [-0.2, -0.15) is 0 Å². The molecule has 25 heavy (non-hydrogen) atoms. The van der Waals surface area contributed by atoms with E-state index in [1.54, 1.807) is 12.1 Å². The van der Waals surface area contributed by atoms with Crippen molar-refractivity contribution in [3.05, 3.63) is 54.1 Å². The summed E-state index contributed by atoms with van der Waals surface area (Å²) in [5.74, 6) is 0.213. The van der Waals surface area contributed by atoms with E-state index in [2.05, 4.69) is 10.3 Å². The van der Waals surface area contributed by atoms with E-state index in [1.165, 1.54) is 29.2 Å². The van der Waals surface area contributed by atoms with Crippen molar-refractivity contribution in [2.45, 2.75) is 17.2 Å². The minimum Gasteiger partial charge on any atom is -0.302 e. The van der Waals surface area contributed by atoms with Crippen LogP contribution in [0.15, 0.2) is 53.4 Å². The number of anilines is 1. The summed E-state index contributed by atoms with van der Waals surface area (Å²) in [6.07, 6.45) is 2.02. The molecule has 2 atom stereocenters. The van der Waals surface area contributed by atoms with E-state index >= 15 is 0 Å². The van der Waals surface area contributed by atoms with Gasteiger partial charge in [0, 0.05) is 12.2 Å². The molecule has 2 aromatic carbocycles. The number of nitrogens with one attached hydrogen (secondary N) is 1. The molecule has 0 unspecified atom stereocenters. The number of thiazole rings is 1. The molecule has 0 aliphatic heterocycles. The van der Waals surface area contributed by atoms with Crippen molar-refractivity contribution in [2.24, 2.45) is 5.92 Å². The van der Waals surface area contributed by atoms with Gasteiger partial charge in [0.05, 0.1) is 15.1 Å². The van der Waals surface area contributed by atoms with E-state index in [-0.39, 0.29) is 22.6 Å². The number of sulfone groups is 1. The van der Waals surface area contributed by atoms with Gasteiger partial charge in [-0.3, -0.25) is 4.79 Å². The molecule has 3 aromatic rings. The predicted molar refractivity (Wildman–Crippen MR) is 98.6 cm³/mol.